The van der Waals surface area contributed by atoms with E-state index in [0.717, 1.165) is 46.1 Å². The van der Waals surface area contributed by atoms with Crippen molar-refractivity contribution in [1.29, 1.82) is 0 Å². The lowest BCUT2D eigenvalue weighted by atomic mass is 9.77. The third-order valence-electron chi connectivity index (χ3n) is 5.89. The molecule has 0 aliphatic rings. The molecule has 0 saturated carbocycles. The molecule has 6 rings (SSSR count). The number of halogens is 5. The van der Waals surface area contributed by atoms with Gasteiger partial charge in [0.2, 0.25) is 0 Å². The lowest BCUT2D eigenvalue weighted by Crippen LogP contribution is -2.30. The zero-order chi connectivity index (χ0) is 28.6. The molecular formula is C32H22BBr3F2O2. The van der Waals surface area contributed by atoms with Crippen molar-refractivity contribution in [2.24, 2.45) is 0 Å². The Hall–Kier alpha value is -2.88. The molecule has 0 aliphatic heterocycles. The molecule has 0 fully saturated rings. The summed E-state index contributed by atoms with van der Waals surface area (Å²) in [5.74, 6) is -0.469. The molecular weight excluding hydrogens is 705 g/mol. The summed E-state index contributed by atoms with van der Waals surface area (Å²) in [7, 11) is -1.40. The van der Waals surface area contributed by atoms with Gasteiger partial charge in [-0.15, -0.1) is 0 Å². The van der Waals surface area contributed by atoms with Crippen LogP contribution in [0.3, 0.4) is 0 Å². The van der Waals surface area contributed by atoms with E-state index in [4.69, 9.17) is 10.0 Å². The summed E-state index contributed by atoms with van der Waals surface area (Å²) in [6, 6.07) is 36.9. The Kier molecular flexibility index (Phi) is 10.6. The van der Waals surface area contributed by atoms with Gasteiger partial charge < -0.3 is 10.0 Å². The highest BCUT2D eigenvalue weighted by Gasteiger charge is 2.13. The lowest BCUT2D eigenvalue weighted by Gasteiger charge is -2.07. The minimum atomic E-state index is -1.40. The number of rotatable bonds is 2. The van der Waals surface area contributed by atoms with Crippen LogP contribution >= 0.6 is 47.8 Å². The van der Waals surface area contributed by atoms with Crippen molar-refractivity contribution in [1.82, 2.24) is 0 Å². The largest absolute Gasteiger partial charge is 0.489 e. The van der Waals surface area contributed by atoms with Gasteiger partial charge in [-0.3, -0.25) is 0 Å². The standard InChI is InChI=1S/C16H10BrF.C10H9BO2.C6H3Br2F/c17-13-8-12(9-14(18)10-13)16-7-3-5-11-4-1-2-6-15(11)16;12-11(13)10-7-3-5-8-4-1-2-6-9(8)10;7-4-1-5(8)3-6(9)2-4/h1-10H;1-7,12-13H;1-3H. The van der Waals surface area contributed by atoms with Crippen molar-refractivity contribution in [3.05, 3.63) is 146 Å². The SMILES string of the molecule is Fc1cc(Br)cc(-c2cccc3ccccc23)c1.Fc1cc(Br)cc(Br)c1.OB(O)c1cccc2ccccc12. The zero-order valence-electron chi connectivity index (χ0n) is 20.9. The third kappa shape index (κ3) is 8.09. The normalized spacial score (nSPS) is 10.4. The van der Waals surface area contributed by atoms with Gasteiger partial charge >= 0.3 is 7.12 Å². The molecule has 0 amide bonds. The van der Waals surface area contributed by atoms with Crippen molar-refractivity contribution in [3.63, 3.8) is 0 Å². The Bertz CT molecular complexity index is 1680. The third-order valence-corrected chi connectivity index (χ3v) is 7.27. The van der Waals surface area contributed by atoms with E-state index in [1.165, 1.54) is 18.2 Å². The molecule has 0 aliphatic carbocycles. The number of hydrogen-bond donors (Lipinski definition) is 2. The monoisotopic (exact) mass is 724 g/mol. The topological polar surface area (TPSA) is 40.5 Å². The molecule has 0 radical (unpaired) electrons. The van der Waals surface area contributed by atoms with Gasteiger partial charge in [0.15, 0.2) is 0 Å². The van der Waals surface area contributed by atoms with Crippen LogP contribution in [-0.4, -0.2) is 17.2 Å². The van der Waals surface area contributed by atoms with Crippen LogP contribution in [0.1, 0.15) is 0 Å². The molecule has 40 heavy (non-hydrogen) atoms. The fourth-order valence-electron chi connectivity index (χ4n) is 4.18. The Morgan fingerprint density at radius 2 is 0.975 bits per heavy atom. The molecule has 8 heteroatoms. The van der Waals surface area contributed by atoms with E-state index in [1.807, 2.05) is 66.7 Å². The highest BCUT2D eigenvalue weighted by Crippen LogP contribution is 2.31. The van der Waals surface area contributed by atoms with Crippen LogP contribution in [0, 0.1) is 11.6 Å². The van der Waals surface area contributed by atoms with Crippen LogP contribution in [0.2, 0.25) is 0 Å². The molecule has 0 aromatic heterocycles. The molecule has 2 N–H and O–H groups in total. The van der Waals surface area contributed by atoms with Crippen LogP contribution in [-0.2, 0) is 0 Å². The van der Waals surface area contributed by atoms with Gasteiger partial charge in [0, 0.05) is 13.4 Å². The van der Waals surface area contributed by atoms with E-state index in [9.17, 15) is 8.78 Å². The van der Waals surface area contributed by atoms with Gasteiger partial charge in [0.1, 0.15) is 11.6 Å². The maximum atomic E-state index is 13.5. The van der Waals surface area contributed by atoms with E-state index in [2.05, 4.69) is 66.0 Å². The van der Waals surface area contributed by atoms with Crippen molar-refractivity contribution in [3.8, 4) is 11.1 Å². The van der Waals surface area contributed by atoms with Gasteiger partial charge in [-0.25, -0.2) is 8.78 Å². The van der Waals surface area contributed by atoms with E-state index < -0.39 is 7.12 Å². The molecule has 6 aromatic carbocycles. The second-order valence-electron chi connectivity index (χ2n) is 8.71. The van der Waals surface area contributed by atoms with Crippen LogP contribution in [0.15, 0.2) is 135 Å². The van der Waals surface area contributed by atoms with E-state index in [-0.39, 0.29) is 11.6 Å². The summed E-state index contributed by atoms with van der Waals surface area (Å²) >= 11 is 9.62. The van der Waals surface area contributed by atoms with Crippen molar-refractivity contribution in [2.75, 3.05) is 0 Å². The Morgan fingerprint density at radius 1 is 0.500 bits per heavy atom. The first-order chi connectivity index (χ1) is 19.2. The summed E-state index contributed by atoms with van der Waals surface area (Å²) in [5.41, 5.74) is 2.49. The van der Waals surface area contributed by atoms with Crippen LogP contribution < -0.4 is 5.46 Å². The van der Waals surface area contributed by atoms with Crippen LogP contribution in [0.5, 0.6) is 0 Å². The van der Waals surface area contributed by atoms with Crippen molar-refractivity contribution >= 4 is 81.9 Å². The van der Waals surface area contributed by atoms with Crippen molar-refractivity contribution < 1.29 is 18.8 Å². The number of fused-ring (bicyclic) bond motifs is 2. The summed E-state index contributed by atoms with van der Waals surface area (Å²) in [6.45, 7) is 0. The van der Waals surface area contributed by atoms with E-state index in [0.29, 0.717) is 5.46 Å². The van der Waals surface area contributed by atoms with Crippen LogP contribution in [0.25, 0.3) is 32.7 Å². The van der Waals surface area contributed by atoms with Gasteiger partial charge in [0.05, 0.1) is 0 Å². The van der Waals surface area contributed by atoms with Gasteiger partial charge in [-0.2, -0.15) is 0 Å². The highest BCUT2D eigenvalue weighted by molar-refractivity contribution is 9.11. The Labute approximate surface area is 256 Å². The fourth-order valence-corrected chi connectivity index (χ4v) is 5.89. The Morgan fingerprint density at radius 3 is 1.55 bits per heavy atom. The quantitative estimate of drug-likeness (QED) is 0.175. The number of hydrogen-bond acceptors (Lipinski definition) is 2. The van der Waals surface area contributed by atoms with Crippen LogP contribution in [0.4, 0.5) is 8.78 Å². The van der Waals surface area contributed by atoms with Crippen molar-refractivity contribution in [2.45, 2.75) is 0 Å². The first-order valence-corrected chi connectivity index (χ1v) is 14.5. The Balaban J connectivity index is 0.000000148. The molecule has 200 valence electrons. The average Bonchev–Trinajstić information content (AvgIpc) is 2.92. The number of benzene rings is 6. The molecule has 0 unspecified atom stereocenters. The van der Waals surface area contributed by atoms with E-state index in [1.54, 1.807) is 18.2 Å². The molecule has 0 saturated heterocycles. The summed E-state index contributed by atoms with van der Waals surface area (Å²) < 4.78 is 28.1. The molecule has 0 bridgehead atoms. The minimum absolute atomic E-state index is 0.229. The van der Waals surface area contributed by atoms with Gasteiger partial charge in [-0.1, -0.05) is 133 Å². The lowest BCUT2D eigenvalue weighted by molar-refractivity contribution is 0.426. The smallest absolute Gasteiger partial charge is 0.423 e. The first-order valence-electron chi connectivity index (χ1n) is 12.1. The fraction of sp³-hybridized carbons (Fsp3) is 0. The summed E-state index contributed by atoms with van der Waals surface area (Å²) in [4.78, 5) is 0. The maximum Gasteiger partial charge on any atom is 0.489 e. The second kappa shape index (κ2) is 14.1. The second-order valence-corrected chi connectivity index (χ2v) is 11.5. The molecule has 0 atom stereocenters. The predicted octanol–water partition coefficient (Wildman–Crippen LogP) is 9.28. The van der Waals surface area contributed by atoms with E-state index >= 15 is 0 Å². The minimum Gasteiger partial charge on any atom is -0.423 e. The summed E-state index contributed by atoms with van der Waals surface area (Å²) in [5, 5.41) is 22.4. The van der Waals surface area contributed by atoms with Gasteiger partial charge in [0.25, 0.3) is 0 Å². The highest BCUT2D eigenvalue weighted by atomic mass is 79.9. The predicted molar refractivity (Wildman–Crippen MR) is 173 cm³/mol. The maximum absolute atomic E-state index is 13.5. The molecule has 0 spiro atoms. The zero-order valence-corrected chi connectivity index (χ0v) is 25.7. The molecule has 6 aromatic rings. The summed E-state index contributed by atoms with van der Waals surface area (Å²) in [6.07, 6.45) is 0. The molecule has 0 heterocycles. The van der Waals surface area contributed by atoms with Gasteiger partial charge in [-0.05, 0) is 74.5 Å². The molecule has 2 nitrogen and oxygen atoms in total. The average molecular weight is 727 g/mol. The first kappa shape index (κ1) is 30.1.